The van der Waals surface area contributed by atoms with Gasteiger partial charge in [0.05, 0.1) is 16.8 Å². The van der Waals surface area contributed by atoms with Gasteiger partial charge >= 0.3 is 5.97 Å². The molecule has 6 nitrogen and oxygen atoms in total. The van der Waals surface area contributed by atoms with Crippen molar-refractivity contribution in [2.45, 2.75) is 77.2 Å². The van der Waals surface area contributed by atoms with Crippen molar-refractivity contribution in [3.8, 4) is 0 Å². The Hall–Kier alpha value is -0.0394. The van der Waals surface area contributed by atoms with Crippen LogP contribution in [0.2, 0.25) is 39.3 Å². The summed E-state index contributed by atoms with van der Waals surface area (Å²) in [5, 5.41) is 9.92. The number of hydrogen-bond donors (Lipinski definition) is 1. The van der Waals surface area contributed by atoms with E-state index in [-0.39, 0.29) is 19.3 Å². The normalized spacial score (nSPS) is 16.0. The Kier molecular flexibility index (Phi) is 9.59. The van der Waals surface area contributed by atoms with Crippen molar-refractivity contribution in [1.29, 1.82) is 0 Å². The molecule has 0 rings (SSSR count). The average Bonchev–Trinajstić information content (AvgIpc) is 2.31. The summed E-state index contributed by atoms with van der Waals surface area (Å²) in [7, 11) is -3.01. The van der Waals surface area contributed by atoms with Crippen LogP contribution in [0.15, 0.2) is 0 Å². The lowest BCUT2D eigenvalue weighted by atomic mass is 10.2. The molecule has 2 atom stereocenters. The smallest absolute Gasteiger partial charge is 0.302 e. The van der Waals surface area contributed by atoms with Crippen LogP contribution in [-0.4, -0.2) is 68.8 Å². The Morgan fingerprint density at radius 2 is 1.54 bits per heavy atom. The van der Waals surface area contributed by atoms with Crippen LogP contribution >= 0.6 is 0 Å². The topological polar surface area (TPSA) is 74.2 Å². The molecule has 144 valence electrons. The number of esters is 1. The molecule has 0 aromatic carbocycles. The van der Waals surface area contributed by atoms with Crippen molar-refractivity contribution in [3.63, 3.8) is 0 Å². The molecule has 0 aliphatic carbocycles. The van der Waals surface area contributed by atoms with Gasteiger partial charge < -0.3 is 23.4 Å². The van der Waals surface area contributed by atoms with Gasteiger partial charge in [-0.3, -0.25) is 4.79 Å². The van der Waals surface area contributed by atoms with Crippen molar-refractivity contribution in [2.24, 2.45) is 0 Å². The van der Waals surface area contributed by atoms with E-state index in [1.54, 1.807) is 0 Å². The zero-order valence-corrected chi connectivity index (χ0v) is 20.8. The first-order valence-corrected chi connectivity index (χ1v) is 16.3. The van der Waals surface area contributed by atoms with Crippen molar-refractivity contribution in [2.75, 3.05) is 13.2 Å². The van der Waals surface area contributed by atoms with E-state index in [0.29, 0.717) is 10.2 Å². The molecule has 0 heterocycles. The maximum Gasteiger partial charge on any atom is 0.302 e. The second-order valence-corrected chi connectivity index (χ2v) is 18.4. The summed E-state index contributed by atoms with van der Waals surface area (Å²) in [4.78, 5) is 10.8. The van der Waals surface area contributed by atoms with Crippen molar-refractivity contribution >= 4 is 32.8 Å². The number of rotatable bonds is 11. The van der Waals surface area contributed by atoms with E-state index in [1.165, 1.54) is 6.92 Å². The van der Waals surface area contributed by atoms with Crippen molar-refractivity contribution < 1.29 is 28.2 Å². The predicted octanol–water partition coefficient (Wildman–Crippen LogP) is 1.43. The van der Waals surface area contributed by atoms with E-state index in [1.807, 2.05) is 6.92 Å². The molecule has 0 aromatic heterocycles. The van der Waals surface area contributed by atoms with Gasteiger partial charge in [-0.15, -0.1) is 0 Å². The van der Waals surface area contributed by atoms with Gasteiger partial charge in [-0.2, -0.15) is 0 Å². The molecule has 0 radical (unpaired) electrons. The van der Waals surface area contributed by atoms with E-state index < -0.39 is 34.1 Å². The molecule has 0 spiro atoms. The lowest BCUT2D eigenvalue weighted by Gasteiger charge is -2.45. The second kappa shape index (κ2) is 9.60. The zero-order valence-electron chi connectivity index (χ0n) is 16.8. The maximum atomic E-state index is 10.8. The molecule has 0 aliphatic rings. The molecule has 0 amide bonds. The maximum absolute atomic E-state index is 10.8. The van der Waals surface area contributed by atoms with E-state index in [0.717, 1.165) is 6.42 Å². The summed E-state index contributed by atoms with van der Waals surface area (Å²) < 4.78 is 23.5. The van der Waals surface area contributed by atoms with Crippen molar-refractivity contribution in [1.82, 2.24) is 0 Å². The number of hydrogen-bond acceptors (Lipinski definition) is 6. The molecule has 0 bridgehead atoms. The van der Waals surface area contributed by atoms with E-state index in [9.17, 15) is 9.90 Å². The Balaban J connectivity index is 5.01. The number of carbonyl (C=O) groups is 1. The van der Waals surface area contributed by atoms with E-state index >= 15 is 0 Å². The Labute approximate surface area is 151 Å². The highest BCUT2D eigenvalue weighted by molar-refractivity contribution is 6.71. The third kappa shape index (κ3) is 10.7. The fourth-order valence-corrected chi connectivity index (χ4v) is 9.61. The summed E-state index contributed by atoms with van der Waals surface area (Å²) in [6, 6.07) is 0. The molecule has 0 saturated heterocycles. The predicted molar refractivity (Wildman–Crippen MR) is 104 cm³/mol. The Morgan fingerprint density at radius 3 is 1.88 bits per heavy atom. The summed E-state index contributed by atoms with van der Waals surface area (Å²) in [5.41, 5.74) is -0.717. The van der Waals surface area contributed by atoms with E-state index in [2.05, 4.69) is 39.3 Å². The van der Waals surface area contributed by atoms with Gasteiger partial charge in [0.1, 0.15) is 24.2 Å². The molecule has 0 aliphatic heterocycles. The van der Waals surface area contributed by atoms with Gasteiger partial charge in [0.15, 0.2) is 16.6 Å². The molecular formula is C15H36O6Si3. The first-order valence-electron chi connectivity index (χ1n) is 8.52. The summed E-state index contributed by atoms with van der Waals surface area (Å²) >= 11 is 0. The van der Waals surface area contributed by atoms with Crippen LogP contribution in [0, 0.1) is 0 Å². The number of aliphatic hydroxyl groups excluding tert-OH is 1. The molecule has 9 heteroatoms. The Bertz CT molecular complexity index is 376. The number of aliphatic hydroxyl groups is 1. The lowest BCUT2D eigenvalue weighted by Crippen LogP contribution is -2.58. The quantitative estimate of drug-likeness (QED) is 0.323. The highest BCUT2D eigenvalue weighted by Crippen LogP contribution is 2.28. The molecule has 0 saturated carbocycles. The van der Waals surface area contributed by atoms with Gasteiger partial charge in [0.25, 0.3) is 0 Å². The van der Waals surface area contributed by atoms with Crippen LogP contribution in [0.1, 0.15) is 20.3 Å². The van der Waals surface area contributed by atoms with Gasteiger partial charge in [-0.1, -0.05) is 6.92 Å². The fourth-order valence-electron chi connectivity index (χ4n) is 2.50. The van der Waals surface area contributed by atoms with Gasteiger partial charge in [-0.25, -0.2) is 0 Å². The molecule has 0 aromatic rings. The largest absolute Gasteiger partial charge is 0.463 e. The molecular weight excluding hydrogens is 360 g/mol. The molecule has 0 fully saturated rings. The number of ether oxygens (including phenoxy) is 2. The van der Waals surface area contributed by atoms with Crippen LogP contribution in [0.25, 0.3) is 0 Å². The minimum Gasteiger partial charge on any atom is -0.463 e. The minimum atomic E-state index is -1.84. The molecule has 2 unspecified atom stereocenters. The van der Waals surface area contributed by atoms with Gasteiger partial charge in [0.2, 0.25) is 0 Å². The monoisotopic (exact) mass is 396 g/mol. The summed E-state index contributed by atoms with van der Waals surface area (Å²) in [6.07, 6.45) is -0.388. The first kappa shape index (κ1) is 24.0. The molecule has 24 heavy (non-hydrogen) atoms. The first-order chi connectivity index (χ1) is 10.7. The highest BCUT2D eigenvalue weighted by Gasteiger charge is 2.42. The Morgan fingerprint density at radius 1 is 1.08 bits per heavy atom. The third-order valence-corrected chi connectivity index (χ3v) is 6.85. The fraction of sp³-hybridized carbons (Fsp3) is 0.933. The lowest BCUT2D eigenvalue weighted by molar-refractivity contribution is -0.171. The van der Waals surface area contributed by atoms with Gasteiger partial charge in [0, 0.05) is 6.92 Å². The summed E-state index contributed by atoms with van der Waals surface area (Å²) in [5.74, 6) is -0.414. The van der Waals surface area contributed by atoms with Crippen LogP contribution < -0.4 is 0 Å². The van der Waals surface area contributed by atoms with Crippen LogP contribution in [0.4, 0.5) is 0 Å². The zero-order chi connectivity index (χ0) is 19.2. The van der Waals surface area contributed by atoms with Crippen LogP contribution in [0.3, 0.4) is 0 Å². The number of carbonyl (C=O) groups excluding carboxylic acids is 1. The van der Waals surface area contributed by atoms with Gasteiger partial charge in [-0.05, 0) is 45.7 Å². The third-order valence-electron chi connectivity index (χ3n) is 2.94. The SMILES string of the molecule is CCC(OCC(O)COC(C)=O)C([SiH3])(O[Si](C)(C)C)O[Si](C)(C)C. The van der Waals surface area contributed by atoms with Crippen molar-refractivity contribution in [3.05, 3.63) is 0 Å². The van der Waals surface area contributed by atoms with E-state index in [4.69, 9.17) is 18.3 Å². The van der Waals surface area contributed by atoms with Crippen LogP contribution in [0.5, 0.6) is 0 Å². The summed E-state index contributed by atoms with van der Waals surface area (Å²) in [6.45, 7) is 16.2. The average molecular weight is 397 g/mol. The second-order valence-electron chi connectivity index (χ2n) is 8.13. The highest BCUT2D eigenvalue weighted by atomic mass is 28.4. The van der Waals surface area contributed by atoms with Crippen LogP contribution in [-0.2, 0) is 23.1 Å². The standard InChI is InChI=1S/C15H36O6Si3/c1-9-14(19-11-13(17)10-18-12(2)16)15(22,20-23(3,4)5)21-24(6,7)8/h13-14,17H,9-11H2,1-8,22H3. The minimum absolute atomic E-state index is 0.0658. The molecule has 1 N–H and O–H groups in total.